The second-order valence-corrected chi connectivity index (χ2v) is 3.90. The van der Waals surface area contributed by atoms with Gasteiger partial charge in [0.15, 0.2) is 0 Å². The first-order chi connectivity index (χ1) is 5.65. The largest absolute Gasteiger partial charge is 0.351 e. The number of amides is 1. The van der Waals surface area contributed by atoms with E-state index in [2.05, 4.69) is 10.3 Å². The minimum absolute atomic E-state index is 0.0700. The Bertz CT molecular complexity index is 293. The maximum atomic E-state index is 11.3. The van der Waals surface area contributed by atoms with Crippen LogP contribution in [0.2, 0.25) is 0 Å². The van der Waals surface area contributed by atoms with Gasteiger partial charge in [-0.25, -0.2) is 4.98 Å². The van der Waals surface area contributed by atoms with Crippen LogP contribution >= 0.6 is 11.3 Å². The van der Waals surface area contributed by atoms with Gasteiger partial charge in [-0.3, -0.25) is 4.79 Å². The molecule has 1 aromatic rings. The van der Waals surface area contributed by atoms with E-state index in [0.717, 1.165) is 9.88 Å². The van der Waals surface area contributed by atoms with E-state index < -0.39 is 0 Å². The maximum Gasteiger partial charge on any atom is 0.271 e. The van der Waals surface area contributed by atoms with Crippen LogP contribution in [0.4, 0.5) is 0 Å². The minimum atomic E-state index is -0.0700. The second kappa shape index (κ2) is 3.67. The van der Waals surface area contributed by atoms with Crippen LogP contribution in [0.3, 0.4) is 0 Å². The molecule has 0 saturated carbocycles. The number of hydrogen-bond donors (Lipinski definition) is 1. The van der Waals surface area contributed by atoms with Crippen molar-refractivity contribution < 1.29 is 4.79 Å². The summed E-state index contributed by atoms with van der Waals surface area (Å²) in [4.78, 5) is 16.4. The fourth-order valence-electron chi connectivity index (χ4n) is 0.984. The van der Waals surface area contributed by atoms with Gasteiger partial charge >= 0.3 is 0 Å². The third kappa shape index (κ3) is 1.82. The van der Waals surface area contributed by atoms with Crippen molar-refractivity contribution in [3.05, 3.63) is 15.6 Å². The molecule has 4 heteroatoms. The predicted molar refractivity (Wildman–Crippen MR) is 49.6 cm³/mol. The normalized spacial score (nSPS) is 9.92. The molecule has 0 atom stereocenters. The highest BCUT2D eigenvalue weighted by Crippen LogP contribution is 2.15. The van der Waals surface area contributed by atoms with Gasteiger partial charge in [-0.2, -0.15) is 0 Å². The van der Waals surface area contributed by atoms with Crippen LogP contribution in [0.25, 0.3) is 0 Å². The van der Waals surface area contributed by atoms with Crippen molar-refractivity contribution >= 4 is 17.2 Å². The summed E-state index contributed by atoms with van der Waals surface area (Å²) in [6, 6.07) is 0. The van der Waals surface area contributed by atoms with E-state index in [4.69, 9.17) is 0 Å². The van der Waals surface area contributed by atoms with E-state index in [9.17, 15) is 4.79 Å². The number of carbonyl (C=O) groups is 1. The maximum absolute atomic E-state index is 11.3. The van der Waals surface area contributed by atoms with E-state index in [1.54, 1.807) is 11.3 Å². The summed E-state index contributed by atoms with van der Waals surface area (Å²) in [6.45, 7) is 6.36. The van der Waals surface area contributed by atoms with E-state index in [-0.39, 0.29) is 5.91 Å². The molecule has 1 amide bonds. The monoisotopic (exact) mass is 184 g/mol. The summed E-state index contributed by atoms with van der Waals surface area (Å²) >= 11 is 1.55. The van der Waals surface area contributed by atoms with Crippen molar-refractivity contribution in [2.24, 2.45) is 0 Å². The predicted octanol–water partition coefficient (Wildman–Crippen LogP) is 1.51. The molecule has 0 aliphatic heterocycles. The molecule has 0 unspecified atom stereocenters. The van der Waals surface area contributed by atoms with E-state index in [1.807, 2.05) is 20.8 Å². The Morgan fingerprint density at radius 2 is 2.25 bits per heavy atom. The van der Waals surface area contributed by atoms with Gasteiger partial charge in [-0.15, -0.1) is 11.3 Å². The lowest BCUT2D eigenvalue weighted by Crippen LogP contribution is -2.23. The zero-order chi connectivity index (χ0) is 9.14. The van der Waals surface area contributed by atoms with Crippen LogP contribution in [0, 0.1) is 13.8 Å². The molecule has 0 saturated heterocycles. The summed E-state index contributed by atoms with van der Waals surface area (Å²) in [6.07, 6.45) is 0. The number of aromatic nitrogens is 1. The summed E-state index contributed by atoms with van der Waals surface area (Å²) in [7, 11) is 0. The Morgan fingerprint density at radius 1 is 1.58 bits per heavy atom. The van der Waals surface area contributed by atoms with Crippen LogP contribution in [-0.4, -0.2) is 17.4 Å². The molecule has 12 heavy (non-hydrogen) atoms. The first kappa shape index (κ1) is 9.19. The Hall–Kier alpha value is -0.900. The van der Waals surface area contributed by atoms with Crippen LogP contribution < -0.4 is 5.32 Å². The second-order valence-electron chi connectivity index (χ2n) is 2.50. The van der Waals surface area contributed by atoms with Gasteiger partial charge in [-0.05, 0) is 20.8 Å². The number of hydrogen-bond acceptors (Lipinski definition) is 3. The SMILES string of the molecule is CCNC(=O)c1nc(C)sc1C. The fourth-order valence-corrected chi connectivity index (χ4v) is 1.80. The molecule has 1 aromatic heterocycles. The number of nitrogens with one attached hydrogen (secondary N) is 1. The standard InChI is InChI=1S/C8H12N2OS/c1-4-9-8(11)7-5(2)12-6(3)10-7/h4H2,1-3H3,(H,9,11). The summed E-state index contributed by atoms with van der Waals surface area (Å²) < 4.78 is 0. The zero-order valence-corrected chi connectivity index (χ0v) is 8.29. The molecule has 0 aliphatic rings. The quantitative estimate of drug-likeness (QED) is 0.757. The Labute approximate surface area is 75.8 Å². The van der Waals surface area contributed by atoms with E-state index in [1.165, 1.54) is 0 Å². The van der Waals surface area contributed by atoms with Gasteiger partial charge in [-0.1, -0.05) is 0 Å². The summed E-state index contributed by atoms with van der Waals surface area (Å²) in [5.74, 6) is -0.0700. The molecule has 1 rings (SSSR count). The highest BCUT2D eigenvalue weighted by Gasteiger charge is 2.11. The molecule has 0 bridgehead atoms. The van der Waals surface area contributed by atoms with Gasteiger partial charge in [0.2, 0.25) is 0 Å². The number of thiazole rings is 1. The van der Waals surface area contributed by atoms with Gasteiger partial charge < -0.3 is 5.32 Å². The average molecular weight is 184 g/mol. The van der Waals surface area contributed by atoms with Crippen molar-refractivity contribution in [2.45, 2.75) is 20.8 Å². The number of nitrogens with zero attached hydrogens (tertiary/aromatic N) is 1. The smallest absolute Gasteiger partial charge is 0.271 e. The molecule has 3 nitrogen and oxygen atoms in total. The van der Waals surface area contributed by atoms with Crippen LogP contribution in [0.5, 0.6) is 0 Å². The van der Waals surface area contributed by atoms with Crippen molar-refractivity contribution in [3.63, 3.8) is 0 Å². The molecule has 1 N–H and O–H groups in total. The lowest BCUT2D eigenvalue weighted by molar-refractivity contribution is 0.0951. The van der Waals surface area contributed by atoms with E-state index >= 15 is 0 Å². The van der Waals surface area contributed by atoms with Gasteiger partial charge in [0, 0.05) is 11.4 Å². The number of aryl methyl sites for hydroxylation is 2. The Balaban J connectivity index is 2.87. The molecule has 0 spiro atoms. The lowest BCUT2D eigenvalue weighted by Gasteiger charge is -1.97. The molecular weight excluding hydrogens is 172 g/mol. The van der Waals surface area contributed by atoms with Crippen molar-refractivity contribution in [3.8, 4) is 0 Å². The fraction of sp³-hybridized carbons (Fsp3) is 0.500. The summed E-state index contributed by atoms with van der Waals surface area (Å²) in [5, 5.41) is 3.66. The molecule has 0 radical (unpaired) electrons. The molecule has 0 aromatic carbocycles. The highest BCUT2D eigenvalue weighted by atomic mass is 32.1. The van der Waals surface area contributed by atoms with Gasteiger partial charge in [0.25, 0.3) is 5.91 Å². The average Bonchev–Trinajstić information content (AvgIpc) is 2.30. The first-order valence-electron chi connectivity index (χ1n) is 3.87. The Morgan fingerprint density at radius 3 is 2.67 bits per heavy atom. The first-order valence-corrected chi connectivity index (χ1v) is 4.69. The van der Waals surface area contributed by atoms with Crippen molar-refractivity contribution in [1.29, 1.82) is 0 Å². The minimum Gasteiger partial charge on any atom is -0.351 e. The zero-order valence-electron chi connectivity index (χ0n) is 7.47. The Kier molecular flexibility index (Phi) is 2.81. The summed E-state index contributed by atoms with van der Waals surface area (Å²) in [5.41, 5.74) is 0.569. The van der Waals surface area contributed by atoms with Crippen LogP contribution in [0.1, 0.15) is 27.3 Å². The molecule has 1 heterocycles. The lowest BCUT2D eigenvalue weighted by atomic mass is 10.3. The molecular formula is C8H12N2OS. The number of carbonyl (C=O) groups excluding carboxylic acids is 1. The van der Waals surface area contributed by atoms with Gasteiger partial charge in [0.05, 0.1) is 5.01 Å². The highest BCUT2D eigenvalue weighted by molar-refractivity contribution is 7.11. The molecule has 66 valence electrons. The van der Waals surface area contributed by atoms with Crippen LogP contribution in [-0.2, 0) is 0 Å². The third-order valence-electron chi connectivity index (χ3n) is 1.46. The number of rotatable bonds is 2. The van der Waals surface area contributed by atoms with Crippen molar-refractivity contribution in [2.75, 3.05) is 6.54 Å². The van der Waals surface area contributed by atoms with E-state index in [0.29, 0.717) is 12.2 Å². The van der Waals surface area contributed by atoms with Crippen molar-refractivity contribution in [1.82, 2.24) is 10.3 Å². The van der Waals surface area contributed by atoms with Gasteiger partial charge in [0.1, 0.15) is 5.69 Å². The topological polar surface area (TPSA) is 42.0 Å². The molecule has 0 fully saturated rings. The molecule has 0 aliphatic carbocycles. The van der Waals surface area contributed by atoms with Crippen LogP contribution in [0.15, 0.2) is 0 Å². The third-order valence-corrected chi connectivity index (χ3v) is 2.34.